The molecule has 1 aliphatic rings. The van der Waals surface area contributed by atoms with Gasteiger partial charge in [-0.3, -0.25) is 4.79 Å². The number of hydrogen-bond donors (Lipinski definition) is 2. The van der Waals surface area contributed by atoms with Crippen molar-refractivity contribution in [1.82, 2.24) is 9.88 Å². The maximum Gasteiger partial charge on any atom is 0.253 e. The maximum atomic E-state index is 13.0. The lowest BCUT2D eigenvalue weighted by Gasteiger charge is -2.27. The number of benzene rings is 3. The molecule has 3 aromatic carbocycles. The molecule has 0 spiro atoms. The Kier molecular flexibility index (Phi) is 6.52. The van der Waals surface area contributed by atoms with Crippen molar-refractivity contribution in [2.45, 2.75) is 26.9 Å². The zero-order chi connectivity index (χ0) is 25.2. The Bertz CT molecular complexity index is 1500. The Balaban J connectivity index is 1.46. The average Bonchev–Trinajstić information content (AvgIpc) is 3.32. The summed E-state index contributed by atoms with van der Waals surface area (Å²) in [4.78, 5) is 18.0. The molecule has 0 amide bonds. The van der Waals surface area contributed by atoms with Crippen molar-refractivity contribution in [3.8, 4) is 17.2 Å². The highest BCUT2D eigenvalue weighted by atomic mass is 32.1. The summed E-state index contributed by atoms with van der Waals surface area (Å²) in [5.41, 5.74) is 5.39. The monoisotopic (exact) mass is 501 g/mol. The lowest BCUT2D eigenvalue weighted by molar-refractivity contribution is 0.174. The van der Waals surface area contributed by atoms with E-state index in [2.05, 4.69) is 23.3 Å². The minimum atomic E-state index is -0.171. The predicted molar refractivity (Wildman–Crippen MR) is 145 cm³/mol. The van der Waals surface area contributed by atoms with Gasteiger partial charge < -0.3 is 29.4 Å². The van der Waals surface area contributed by atoms with E-state index < -0.39 is 0 Å². The van der Waals surface area contributed by atoms with Gasteiger partial charge in [-0.2, -0.15) is 0 Å². The van der Waals surface area contributed by atoms with Gasteiger partial charge in [0.1, 0.15) is 5.75 Å². The van der Waals surface area contributed by atoms with Crippen molar-refractivity contribution in [1.29, 1.82) is 0 Å². The largest absolute Gasteiger partial charge is 0.497 e. The van der Waals surface area contributed by atoms with E-state index in [0.717, 1.165) is 28.0 Å². The second-order valence-electron chi connectivity index (χ2n) is 8.87. The number of nitrogens with zero attached hydrogens (tertiary/aromatic N) is 1. The molecule has 5 rings (SSSR count). The summed E-state index contributed by atoms with van der Waals surface area (Å²) in [6.45, 7) is 5.12. The molecule has 4 aromatic rings. The van der Waals surface area contributed by atoms with E-state index in [4.69, 9.17) is 26.4 Å². The number of rotatable bonds is 6. The van der Waals surface area contributed by atoms with Gasteiger partial charge in [0.2, 0.25) is 6.79 Å². The van der Waals surface area contributed by atoms with Crippen molar-refractivity contribution < 1.29 is 14.2 Å². The number of hydrogen-bond acceptors (Lipinski definition) is 5. The third-order valence-electron chi connectivity index (χ3n) is 6.22. The minimum absolute atomic E-state index is 0.171. The standard InChI is InChI=1S/C28H27N3O4S/c1-17-4-9-23(18(2)10-17)30-28(36)31(14-19-5-7-22(33-3)8-6-19)15-21-11-20-12-25-26(35-16-34-25)13-24(20)29-27(21)32/h4-13H,14-16H2,1-3H3,(H,29,32)(H,30,36). The van der Waals surface area contributed by atoms with Crippen molar-refractivity contribution in [3.05, 3.63) is 93.3 Å². The van der Waals surface area contributed by atoms with E-state index in [1.165, 1.54) is 5.56 Å². The Labute approximate surface area is 214 Å². The lowest BCUT2D eigenvalue weighted by atomic mass is 10.1. The number of aromatic amines is 1. The van der Waals surface area contributed by atoms with Crippen LogP contribution in [0, 0.1) is 13.8 Å². The molecule has 0 saturated carbocycles. The van der Waals surface area contributed by atoms with Crippen LogP contribution in [0.15, 0.2) is 65.5 Å². The van der Waals surface area contributed by atoms with Crippen molar-refractivity contribution >= 4 is 33.9 Å². The first-order chi connectivity index (χ1) is 17.4. The molecule has 2 heterocycles. The molecule has 0 bridgehead atoms. The maximum absolute atomic E-state index is 13.0. The number of H-pyrrole nitrogens is 1. The first-order valence-corrected chi connectivity index (χ1v) is 12.0. The normalized spacial score (nSPS) is 12.0. The minimum Gasteiger partial charge on any atom is -0.497 e. The van der Waals surface area contributed by atoms with Gasteiger partial charge in [0.25, 0.3) is 5.56 Å². The number of methoxy groups -OCH3 is 1. The summed E-state index contributed by atoms with van der Waals surface area (Å²) < 4.78 is 16.2. The molecule has 1 aromatic heterocycles. The van der Waals surface area contributed by atoms with Gasteiger partial charge in [-0.05, 0) is 67.5 Å². The summed E-state index contributed by atoms with van der Waals surface area (Å²) in [7, 11) is 1.64. The fourth-order valence-electron chi connectivity index (χ4n) is 4.26. The number of ether oxygens (including phenoxy) is 3. The van der Waals surface area contributed by atoms with Gasteiger partial charge in [-0.25, -0.2) is 0 Å². The van der Waals surface area contributed by atoms with E-state index in [0.29, 0.717) is 40.8 Å². The van der Waals surface area contributed by atoms with Crippen molar-refractivity contribution in [2.24, 2.45) is 0 Å². The van der Waals surface area contributed by atoms with Gasteiger partial charge >= 0.3 is 0 Å². The Morgan fingerprint density at radius 3 is 2.50 bits per heavy atom. The smallest absolute Gasteiger partial charge is 0.253 e. The van der Waals surface area contributed by atoms with Crippen molar-refractivity contribution in [2.75, 3.05) is 19.2 Å². The van der Waals surface area contributed by atoms with E-state index in [1.807, 2.05) is 60.4 Å². The second kappa shape index (κ2) is 9.91. The van der Waals surface area contributed by atoms with Gasteiger partial charge in [0.15, 0.2) is 16.6 Å². The fourth-order valence-corrected chi connectivity index (χ4v) is 4.50. The molecule has 0 saturated heterocycles. The zero-order valence-electron chi connectivity index (χ0n) is 20.4. The van der Waals surface area contributed by atoms with Crippen LogP contribution in [0.25, 0.3) is 10.9 Å². The summed E-state index contributed by atoms with van der Waals surface area (Å²) in [5, 5.41) is 4.77. The first kappa shape index (κ1) is 23.7. The molecule has 36 heavy (non-hydrogen) atoms. The molecule has 184 valence electrons. The molecule has 2 N–H and O–H groups in total. The third kappa shape index (κ3) is 4.99. The SMILES string of the molecule is COc1ccc(CN(Cc2cc3cc4c(cc3[nH]c2=O)OCO4)C(=S)Nc2ccc(C)cc2C)cc1. The Morgan fingerprint density at radius 1 is 1.03 bits per heavy atom. The second-order valence-corrected chi connectivity index (χ2v) is 9.26. The van der Waals surface area contributed by atoms with Crippen LogP contribution in [-0.2, 0) is 13.1 Å². The quantitative estimate of drug-likeness (QED) is 0.348. The molecular weight excluding hydrogens is 474 g/mol. The number of anilines is 1. The molecule has 0 aliphatic carbocycles. The molecule has 0 fully saturated rings. The summed E-state index contributed by atoms with van der Waals surface area (Å²) in [6.07, 6.45) is 0. The van der Waals surface area contributed by atoms with Crippen LogP contribution in [0.2, 0.25) is 0 Å². The Hall–Kier alpha value is -4.04. The van der Waals surface area contributed by atoms with Crippen molar-refractivity contribution in [3.63, 3.8) is 0 Å². The van der Waals surface area contributed by atoms with Crippen LogP contribution >= 0.6 is 12.2 Å². The third-order valence-corrected chi connectivity index (χ3v) is 6.58. The van der Waals surface area contributed by atoms with E-state index in [1.54, 1.807) is 13.2 Å². The molecule has 0 radical (unpaired) electrons. The summed E-state index contributed by atoms with van der Waals surface area (Å²) in [5.74, 6) is 2.08. The molecule has 0 unspecified atom stereocenters. The topological polar surface area (TPSA) is 75.8 Å². The number of nitrogens with one attached hydrogen (secondary N) is 2. The van der Waals surface area contributed by atoms with Crippen LogP contribution in [0.3, 0.4) is 0 Å². The van der Waals surface area contributed by atoms with E-state index >= 15 is 0 Å². The summed E-state index contributed by atoms with van der Waals surface area (Å²) >= 11 is 5.84. The van der Waals surface area contributed by atoms with Gasteiger partial charge in [0.05, 0.1) is 19.2 Å². The molecule has 1 aliphatic heterocycles. The highest BCUT2D eigenvalue weighted by molar-refractivity contribution is 7.80. The number of thiocarbonyl (C=S) groups is 1. The highest BCUT2D eigenvalue weighted by Crippen LogP contribution is 2.35. The van der Waals surface area contributed by atoms with Crippen LogP contribution < -0.4 is 25.1 Å². The van der Waals surface area contributed by atoms with Gasteiger partial charge in [0, 0.05) is 29.2 Å². The van der Waals surface area contributed by atoms with Crippen LogP contribution in [-0.4, -0.2) is 28.9 Å². The highest BCUT2D eigenvalue weighted by Gasteiger charge is 2.18. The summed E-state index contributed by atoms with van der Waals surface area (Å²) in [6, 6.07) is 19.6. The van der Waals surface area contributed by atoms with Crippen LogP contribution in [0.5, 0.6) is 17.2 Å². The molecular formula is C28H27N3O4S. The predicted octanol–water partition coefficient (Wildman–Crippen LogP) is 5.28. The number of pyridine rings is 1. The molecule has 0 atom stereocenters. The zero-order valence-corrected chi connectivity index (χ0v) is 21.2. The Morgan fingerprint density at radius 2 is 1.78 bits per heavy atom. The first-order valence-electron chi connectivity index (χ1n) is 11.6. The molecule has 8 heteroatoms. The van der Waals surface area contributed by atoms with Gasteiger partial charge in [-0.1, -0.05) is 29.8 Å². The lowest BCUT2D eigenvalue weighted by Crippen LogP contribution is -2.35. The number of fused-ring (bicyclic) bond motifs is 2. The van der Waals surface area contributed by atoms with Crippen LogP contribution in [0.1, 0.15) is 22.3 Å². The van der Waals surface area contributed by atoms with Gasteiger partial charge in [-0.15, -0.1) is 0 Å². The fraction of sp³-hybridized carbons (Fsp3) is 0.214. The van der Waals surface area contributed by atoms with E-state index in [9.17, 15) is 4.79 Å². The average molecular weight is 502 g/mol. The van der Waals surface area contributed by atoms with Crippen LogP contribution in [0.4, 0.5) is 5.69 Å². The molecule has 7 nitrogen and oxygen atoms in total. The number of aryl methyl sites for hydroxylation is 2. The van der Waals surface area contributed by atoms with E-state index in [-0.39, 0.29) is 12.4 Å². The number of aromatic nitrogens is 1.